The van der Waals surface area contributed by atoms with Gasteiger partial charge in [-0.1, -0.05) is 99.2 Å². The largest absolute Gasteiger partial charge is 0.562 e. The molecule has 3 aromatic heterocycles. The van der Waals surface area contributed by atoms with E-state index in [4.69, 9.17) is 113 Å². The van der Waals surface area contributed by atoms with Crippen molar-refractivity contribution in [1.29, 1.82) is 0 Å². The number of alkyl halides is 12. The Bertz CT molecular complexity index is 6480. The number of nitrogens with zero attached hydrogens (tertiary/aromatic N) is 12. The number of ether oxygens (including phenoxy) is 6. The van der Waals surface area contributed by atoms with Gasteiger partial charge in [0.2, 0.25) is 22.7 Å². The zero-order chi connectivity index (χ0) is 104. The predicted octanol–water partition coefficient (Wildman–Crippen LogP) is 19.1. The van der Waals surface area contributed by atoms with E-state index in [9.17, 15) is 117 Å². The Morgan fingerprint density at radius 3 is 1.16 bits per heavy atom. The minimum absolute atomic E-state index is 0. The molecule has 0 aliphatic carbocycles. The minimum Gasteiger partial charge on any atom is -0.562 e. The van der Waals surface area contributed by atoms with Crippen LogP contribution in [0.15, 0.2) is 85.7 Å². The molecule has 9 rings (SSSR count). The van der Waals surface area contributed by atoms with Crippen molar-refractivity contribution in [2.45, 2.75) is 73.2 Å². The minimum atomic E-state index is -4.92. The van der Waals surface area contributed by atoms with Crippen LogP contribution in [0, 0.1) is 133 Å². The van der Waals surface area contributed by atoms with Gasteiger partial charge in [0.15, 0.2) is 23.2 Å². The molecule has 3 heterocycles. The summed E-state index contributed by atoms with van der Waals surface area (Å²) >= 11 is 47.2. The third-order valence-corrected chi connectivity index (χ3v) is 18.6. The van der Waals surface area contributed by atoms with Gasteiger partial charge in [-0.05, 0) is 108 Å². The summed E-state index contributed by atoms with van der Waals surface area (Å²) in [5.74, 6) is -1.98. The van der Waals surface area contributed by atoms with E-state index in [1.807, 2.05) is 0 Å². The van der Waals surface area contributed by atoms with Crippen LogP contribution in [0.2, 0.25) is 0 Å². The van der Waals surface area contributed by atoms with Crippen molar-refractivity contribution in [2.24, 2.45) is 26.1 Å². The number of aryl methyl sites for hydroxylation is 6. The van der Waals surface area contributed by atoms with Gasteiger partial charge in [0.1, 0.15) is 45.8 Å². The van der Waals surface area contributed by atoms with Crippen LogP contribution in [-0.4, -0.2) is 136 Å². The van der Waals surface area contributed by atoms with E-state index < -0.39 is 116 Å². The van der Waals surface area contributed by atoms with E-state index in [1.54, 1.807) is 27.7 Å². The number of carbonyl (C=O) groups is 1. The van der Waals surface area contributed by atoms with Gasteiger partial charge in [-0.2, -0.15) is 125 Å². The Morgan fingerprint density at radius 2 is 0.836 bits per heavy atom. The number of phenols is 1. The SMILES string of the molecule is BrB(Br)Br.CCOC(=O)/C=C(\N(C)C(=S)Nc1[c-]cc(C)c([N+](=O)[O-])c1OC)C(F)(F)F.COc1c(-n2c(=O)cc(C(F)(F)F)n(C)c2=S)[c-]cc(C)c1N.COc1c(-n2c(=O)cc(C(F)(F)F)n(C)c2=S)[c-]cc(C)c1[N+](=O)[O-].COc1c(N)[c-]cc(C)c1[N+](=O)[O-].COc1c(N=C=S)[c-]cc(C)c1[N+](=O)[O-].Cc1c[c-]c(-n2c(=O)cc(C(F)(F)F)n(C)c2=S)c(O)c1N.S=C(Cl)Cl.[HH].[Y].[Y].[Y].[Y].[Y].[Y]. The number of esters is 1. The first-order valence-corrected chi connectivity index (χ1v) is 41.3. The number of allylic oxidation sites excluding steroid dienone is 1. The molecule has 0 amide bonds. The Morgan fingerprint density at radius 1 is 0.543 bits per heavy atom. The summed E-state index contributed by atoms with van der Waals surface area (Å²) in [6.45, 7) is 10.8. The number of phenolic OH excluding ortho intramolecular Hbond substituents is 1. The molecular formula is C75H70BBr3Cl2F12N16O19S6Y6-6. The van der Waals surface area contributed by atoms with Gasteiger partial charge in [-0.15, -0.1) is 58.4 Å². The predicted molar refractivity (Wildman–Crippen MR) is 504 cm³/mol. The number of thiocarbonyl (C=S) groups is 3. The molecule has 8 N–H and O–H groups in total. The second-order valence-corrected chi connectivity index (χ2v) is 35.3. The number of aromatic nitrogens is 6. The molecule has 0 atom stereocenters. The first kappa shape index (κ1) is 144. The Balaban J connectivity index is -0.000000382. The van der Waals surface area contributed by atoms with Crippen molar-refractivity contribution in [3.05, 3.63) is 239 Å². The fourth-order valence-electron chi connectivity index (χ4n) is 10.6. The summed E-state index contributed by atoms with van der Waals surface area (Å²) in [5, 5.41) is 57.9. The molecule has 65 heteroatoms. The number of rotatable bonds is 17. The summed E-state index contributed by atoms with van der Waals surface area (Å²) in [6.07, 6.45) is -18.9. The average molecular weight is 2770 g/mol. The molecule has 746 valence electrons. The maximum Gasteiger partial charge on any atom is 0.431 e. The zero-order valence-electron chi connectivity index (χ0n) is 74.8. The van der Waals surface area contributed by atoms with Gasteiger partial charge < -0.3 is 74.6 Å². The molecule has 6 radical (unpaired) electrons. The molecule has 0 aliphatic heterocycles. The van der Waals surface area contributed by atoms with Crippen LogP contribution >= 0.6 is 144 Å². The van der Waals surface area contributed by atoms with Crippen LogP contribution in [0.3, 0.4) is 0 Å². The number of halogens is 17. The third-order valence-electron chi connectivity index (χ3n) is 16.8. The molecule has 140 heavy (non-hydrogen) atoms. The number of nitro benzene ring substituents is 4. The smallest absolute Gasteiger partial charge is 0.431 e. The Labute approximate surface area is 1010 Å². The fourth-order valence-corrected chi connectivity index (χ4v) is 11.7. The number of hydrogen-bond acceptors (Lipinski definition) is 29. The molecule has 35 nitrogen and oxygen atoms in total. The second kappa shape index (κ2) is 64.4. The van der Waals surface area contributed by atoms with Crippen LogP contribution in [0.25, 0.3) is 17.1 Å². The van der Waals surface area contributed by atoms with E-state index in [0.717, 1.165) is 51.5 Å². The van der Waals surface area contributed by atoms with Gasteiger partial charge in [-0.25, -0.2) is 9.79 Å². The van der Waals surface area contributed by atoms with Crippen molar-refractivity contribution in [2.75, 3.05) is 71.7 Å². The van der Waals surface area contributed by atoms with Crippen molar-refractivity contribution >= 4 is 218 Å². The second-order valence-electron chi connectivity index (χ2n) is 25.4. The molecule has 0 saturated carbocycles. The summed E-state index contributed by atoms with van der Waals surface area (Å²) < 4.78 is 189. The maximum atomic E-state index is 13.3. The van der Waals surface area contributed by atoms with Crippen LogP contribution in [0.1, 0.15) is 58.8 Å². The molecule has 0 saturated heterocycles. The van der Waals surface area contributed by atoms with E-state index >= 15 is 0 Å². The molecule has 0 aliphatic rings. The number of carbonyl (C=O) groups excluding carboxylic acids is 1. The van der Waals surface area contributed by atoms with Crippen molar-refractivity contribution in [3.63, 3.8) is 0 Å². The van der Waals surface area contributed by atoms with Gasteiger partial charge >= 0.3 is 33.9 Å². The number of isothiocyanates is 1. The van der Waals surface area contributed by atoms with Crippen LogP contribution in [0.5, 0.6) is 34.5 Å². The number of anilines is 4. The normalized spacial score (nSPS) is 10.4. The maximum absolute atomic E-state index is 13.3. The van der Waals surface area contributed by atoms with Crippen molar-refractivity contribution in [1.82, 2.24) is 32.3 Å². The van der Waals surface area contributed by atoms with Gasteiger partial charge in [0.05, 0.1) is 59.1 Å². The number of nitrogens with two attached hydrogens (primary N) is 3. The summed E-state index contributed by atoms with van der Waals surface area (Å²) in [6, 6.07) is 25.6. The van der Waals surface area contributed by atoms with Crippen molar-refractivity contribution < 1.29 is 308 Å². The number of aliphatic imine (C=N–C) groups is 1. The molecule has 0 fully saturated rings. The van der Waals surface area contributed by atoms with E-state index in [0.29, 0.717) is 63.6 Å². The molecule has 6 aromatic carbocycles. The average Bonchev–Trinajstić information content (AvgIpc) is 0.740. The monoisotopic (exact) mass is 2770 g/mol. The van der Waals surface area contributed by atoms with Crippen LogP contribution in [0.4, 0.5) is 104 Å². The first-order valence-electron chi connectivity index (χ1n) is 35.4. The van der Waals surface area contributed by atoms with Crippen molar-refractivity contribution in [3.8, 4) is 51.6 Å². The summed E-state index contributed by atoms with van der Waals surface area (Å²) in [4.78, 5) is 93.4. The Kier molecular flexibility index (Phi) is 66.0. The number of nitrogen functional groups attached to an aromatic ring is 3. The number of benzene rings is 6. The summed E-state index contributed by atoms with van der Waals surface area (Å²) in [5.41, 5.74) is 10.6. The number of hydrogen-bond donors (Lipinski definition) is 5. The van der Waals surface area contributed by atoms with Gasteiger partial charge in [0.25, 0.3) is 16.7 Å². The topological polar surface area (TPSA) is 452 Å². The van der Waals surface area contributed by atoms with E-state index in [1.165, 1.54) is 78.5 Å². The Hall–Kier alpha value is -4.92. The molecule has 0 spiro atoms. The zero-order valence-corrected chi connectivity index (χ0v) is 103. The number of methoxy groups -OCH3 is 5. The van der Waals surface area contributed by atoms with Gasteiger partial charge in [0, 0.05) is 275 Å². The van der Waals surface area contributed by atoms with E-state index in [2.05, 4.69) is 128 Å². The van der Waals surface area contributed by atoms with Crippen LogP contribution < -0.4 is 62.9 Å². The first-order chi connectivity index (χ1) is 61.7. The van der Waals surface area contributed by atoms with Gasteiger partial charge in [-0.3, -0.25) is 68.5 Å². The molecule has 0 bridgehead atoms. The number of nitrogens with one attached hydrogen (secondary N) is 1. The fraction of sp³-hybridized carbons (Fsp3) is 0.280. The molecule has 0 unspecified atom stereocenters. The number of aromatic hydroxyl groups is 1. The van der Waals surface area contributed by atoms with Crippen LogP contribution in [-0.2, 0) is 245 Å². The molecular weight excluding hydrogens is 2700 g/mol. The molecule has 9 aromatic rings. The van der Waals surface area contributed by atoms with E-state index in [-0.39, 0.29) is 325 Å². The standard InChI is InChI=1S/C16H17F3N3O5S.C14H11F3N3O4S.C14H13F3N3O2S.C13H11F3N3O2S.C9H7N2O3S.C8H9N2O3.CCl2S.BBr3.6Y.H2/c1-5-27-12(23)8-11(16(17,18)19)21(3)15(28)20-10-7-6-9(2)13(22(24)25)14(10)26-4;1-7-4-5-8(12(24-3)11(7)20(22)23)19-10(21)6-9(14(15,16)17)18(2)13(19)25;1-7-4-5-8(12(22-3)11(7)18)20-10(21)6-9(14(15,16)17)19(2)13(20)23;1-6-3-4-7(11(21)10(6)17)19-9(20)5-8(13(14,15)16)18(2)12(19)22;1-6-3-4-7(10-5-15)9(14-2)8(6)11(12)13;1-5-3-4-6(9)8(13-2)7(5)10(11)12;2*2-1(3)4;;;;;;;/h6,8H,5H2,1-4H3,(H,20,28);4,6H,1-3H3;4,6H,18H2,1-3H3;3,5,21H,17H2,1-2H3;3H,1-2H3;3H,9H2,1-2H3;;;;;;;;;1H/q6*-1;;;;;;;;;/b11-8-;;;;;;;;;;;;;;. The third kappa shape index (κ3) is 39.9. The summed E-state index contributed by atoms with van der Waals surface area (Å²) in [7, 11) is 10.5. The quantitative estimate of drug-likeness (QED) is 0.00459. The number of nitro groups is 4.